The van der Waals surface area contributed by atoms with Gasteiger partial charge in [-0.2, -0.15) is 15.0 Å². The van der Waals surface area contributed by atoms with E-state index in [4.69, 9.17) is 5.73 Å². The molecule has 0 spiro atoms. The van der Waals surface area contributed by atoms with E-state index in [1.807, 2.05) is 0 Å². The summed E-state index contributed by atoms with van der Waals surface area (Å²) in [6.45, 7) is 3.27. The van der Waals surface area contributed by atoms with Crippen LogP contribution in [0.4, 0.5) is 11.9 Å². The zero-order chi connectivity index (χ0) is 11.8. The lowest BCUT2D eigenvalue weighted by molar-refractivity contribution is 0.476. The Balaban J connectivity index is 1.90. The van der Waals surface area contributed by atoms with Gasteiger partial charge in [-0.1, -0.05) is 0 Å². The maximum absolute atomic E-state index is 5.79. The number of piperidine rings is 1. The van der Waals surface area contributed by atoms with Gasteiger partial charge >= 0.3 is 0 Å². The highest BCUT2D eigenvalue weighted by molar-refractivity contribution is 5.37. The molecule has 2 aliphatic rings. The fourth-order valence-corrected chi connectivity index (χ4v) is 2.45. The average Bonchev–Trinajstić information content (AvgIpc) is 3.12. The Morgan fingerprint density at radius 1 is 1.12 bits per heavy atom. The van der Waals surface area contributed by atoms with Crippen LogP contribution >= 0.6 is 0 Å². The highest BCUT2D eigenvalue weighted by Gasteiger charge is 2.29. The van der Waals surface area contributed by atoms with E-state index >= 15 is 0 Å². The van der Waals surface area contributed by atoms with Crippen LogP contribution in [0.1, 0.15) is 50.8 Å². The quantitative estimate of drug-likeness (QED) is 0.842. The van der Waals surface area contributed by atoms with Crippen LogP contribution in [0.25, 0.3) is 0 Å². The number of nitrogens with two attached hydrogens (primary N) is 1. The summed E-state index contributed by atoms with van der Waals surface area (Å²) in [5, 5.41) is 0. The molecule has 0 bridgehead atoms. The number of nitrogen functional groups attached to an aromatic ring is 1. The van der Waals surface area contributed by atoms with Crippen LogP contribution in [0.2, 0.25) is 0 Å². The summed E-state index contributed by atoms with van der Waals surface area (Å²) in [7, 11) is 0. The summed E-state index contributed by atoms with van der Waals surface area (Å²) in [6.07, 6.45) is 6.11. The minimum absolute atomic E-state index is 0.370. The molecule has 5 heteroatoms. The molecule has 3 rings (SSSR count). The van der Waals surface area contributed by atoms with Crippen molar-refractivity contribution in [1.29, 1.82) is 0 Å². The van der Waals surface area contributed by atoms with Crippen LogP contribution in [0.3, 0.4) is 0 Å². The average molecular weight is 233 g/mol. The summed E-state index contributed by atoms with van der Waals surface area (Å²) in [5.41, 5.74) is 5.79. The van der Waals surface area contributed by atoms with Crippen molar-refractivity contribution < 1.29 is 0 Å². The summed E-state index contributed by atoms with van der Waals surface area (Å²) < 4.78 is 0. The predicted octanol–water partition coefficient (Wildman–Crippen LogP) is 1.71. The second-order valence-corrected chi connectivity index (χ2v) is 5.16. The first-order chi connectivity index (χ1) is 8.24. The number of nitrogens with zero attached hydrogens (tertiary/aromatic N) is 4. The second-order valence-electron chi connectivity index (χ2n) is 5.16. The molecule has 1 unspecified atom stereocenters. The van der Waals surface area contributed by atoms with Gasteiger partial charge in [0.15, 0.2) is 0 Å². The number of aromatic nitrogens is 3. The first-order valence-electron chi connectivity index (χ1n) is 6.52. The minimum atomic E-state index is 0.370. The van der Waals surface area contributed by atoms with Crippen molar-refractivity contribution in [2.75, 3.05) is 17.2 Å². The van der Waals surface area contributed by atoms with E-state index in [9.17, 15) is 0 Å². The molecule has 1 aromatic rings. The van der Waals surface area contributed by atoms with Gasteiger partial charge in [0.1, 0.15) is 5.82 Å². The number of anilines is 2. The molecule has 1 atom stereocenters. The van der Waals surface area contributed by atoms with Crippen molar-refractivity contribution in [2.24, 2.45) is 0 Å². The maximum atomic E-state index is 5.79. The highest BCUT2D eigenvalue weighted by atomic mass is 15.3. The molecular formula is C12H19N5. The number of rotatable bonds is 2. The third-order valence-electron chi connectivity index (χ3n) is 3.66. The van der Waals surface area contributed by atoms with Gasteiger partial charge < -0.3 is 10.6 Å². The summed E-state index contributed by atoms with van der Waals surface area (Å²) in [4.78, 5) is 15.4. The van der Waals surface area contributed by atoms with Crippen LogP contribution in [-0.4, -0.2) is 27.5 Å². The second kappa shape index (κ2) is 4.13. The molecule has 5 nitrogen and oxygen atoms in total. The molecule has 1 aliphatic carbocycles. The van der Waals surface area contributed by atoms with E-state index in [-0.39, 0.29) is 0 Å². The molecule has 17 heavy (non-hydrogen) atoms. The predicted molar refractivity (Wildman–Crippen MR) is 66.9 cm³/mol. The van der Waals surface area contributed by atoms with E-state index in [1.54, 1.807) is 0 Å². The monoisotopic (exact) mass is 233 g/mol. The Morgan fingerprint density at radius 2 is 1.94 bits per heavy atom. The lowest BCUT2D eigenvalue weighted by Gasteiger charge is -2.33. The van der Waals surface area contributed by atoms with Gasteiger partial charge in [0, 0.05) is 18.5 Å². The Bertz CT molecular complexity index is 415. The lowest BCUT2D eigenvalue weighted by atomic mass is 10.0. The first kappa shape index (κ1) is 10.7. The number of hydrogen-bond donors (Lipinski definition) is 1. The summed E-state index contributed by atoms with van der Waals surface area (Å²) in [5.74, 6) is 2.57. The van der Waals surface area contributed by atoms with E-state index in [2.05, 4.69) is 26.8 Å². The molecule has 1 saturated heterocycles. The van der Waals surface area contributed by atoms with Gasteiger partial charge in [-0.15, -0.1) is 0 Å². The molecule has 0 radical (unpaired) electrons. The molecule has 0 amide bonds. The van der Waals surface area contributed by atoms with Gasteiger partial charge in [0.05, 0.1) is 0 Å². The van der Waals surface area contributed by atoms with Crippen LogP contribution in [0.5, 0.6) is 0 Å². The fraction of sp³-hybridized carbons (Fsp3) is 0.750. The topological polar surface area (TPSA) is 67.9 Å². The van der Waals surface area contributed by atoms with E-state index < -0.39 is 0 Å². The van der Waals surface area contributed by atoms with Crippen LogP contribution in [0, 0.1) is 0 Å². The molecule has 1 aromatic heterocycles. The summed E-state index contributed by atoms with van der Waals surface area (Å²) >= 11 is 0. The van der Waals surface area contributed by atoms with Crippen LogP contribution in [-0.2, 0) is 0 Å². The largest absolute Gasteiger partial charge is 0.368 e. The Labute approximate surface area is 101 Å². The zero-order valence-electron chi connectivity index (χ0n) is 10.3. The summed E-state index contributed by atoms with van der Waals surface area (Å²) in [6, 6.07) is 0.512. The SMILES string of the molecule is CC1CCCCN1c1nc(N)nc(C2CC2)n1. The highest BCUT2D eigenvalue weighted by Crippen LogP contribution is 2.38. The Hall–Kier alpha value is -1.39. The van der Waals surface area contributed by atoms with Crippen molar-refractivity contribution in [3.05, 3.63) is 5.82 Å². The van der Waals surface area contributed by atoms with Crippen molar-refractivity contribution in [1.82, 2.24) is 15.0 Å². The molecule has 2 fully saturated rings. The van der Waals surface area contributed by atoms with Crippen molar-refractivity contribution in [3.63, 3.8) is 0 Å². The molecular weight excluding hydrogens is 214 g/mol. The molecule has 92 valence electrons. The van der Waals surface area contributed by atoms with Crippen molar-refractivity contribution in [3.8, 4) is 0 Å². The van der Waals surface area contributed by atoms with E-state index in [0.29, 0.717) is 17.9 Å². The fourth-order valence-electron chi connectivity index (χ4n) is 2.45. The third-order valence-corrected chi connectivity index (χ3v) is 3.66. The van der Waals surface area contributed by atoms with E-state index in [0.717, 1.165) is 18.3 Å². The first-order valence-corrected chi connectivity index (χ1v) is 6.52. The number of hydrogen-bond acceptors (Lipinski definition) is 5. The molecule has 2 N–H and O–H groups in total. The van der Waals surface area contributed by atoms with Gasteiger partial charge in [-0.3, -0.25) is 0 Å². The van der Waals surface area contributed by atoms with Crippen molar-refractivity contribution in [2.45, 2.75) is 51.0 Å². The Morgan fingerprint density at radius 3 is 2.65 bits per heavy atom. The van der Waals surface area contributed by atoms with Crippen LogP contribution in [0.15, 0.2) is 0 Å². The van der Waals surface area contributed by atoms with Gasteiger partial charge in [-0.05, 0) is 39.0 Å². The molecule has 1 aliphatic heterocycles. The zero-order valence-corrected chi connectivity index (χ0v) is 10.3. The van der Waals surface area contributed by atoms with Crippen molar-refractivity contribution >= 4 is 11.9 Å². The smallest absolute Gasteiger partial charge is 0.230 e. The molecule has 2 heterocycles. The normalized spacial score (nSPS) is 25.0. The molecule has 1 saturated carbocycles. The third kappa shape index (κ3) is 2.18. The van der Waals surface area contributed by atoms with E-state index in [1.165, 1.54) is 32.1 Å². The Kier molecular flexibility index (Phi) is 2.61. The maximum Gasteiger partial charge on any atom is 0.230 e. The van der Waals surface area contributed by atoms with Gasteiger partial charge in [0.2, 0.25) is 11.9 Å². The minimum Gasteiger partial charge on any atom is -0.368 e. The van der Waals surface area contributed by atoms with Gasteiger partial charge in [-0.25, -0.2) is 0 Å². The molecule has 0 aromatic carbocycles. The standard InChI is InChI=1S/C12H19N5/c1-8-4-2-3-7-17(8)12-15-10(9-5-6-9)14-11(13)16-12/h8-9H,2-7H2,1H3,(H2,13,14,15,16). The lowest BCUT2D eigenvalue weighted by Crippen LogP contribution is -2.39. The van der Waals surface area contributed by atoms with Crippen LogP contribution < -0.4 is 10.6 Å². The van der Waals surface area contributed by atoms with Gasteiger partial charge in [0.25, 0.3) is 0 Å².